The van der Waals surface area contributed by atoms with Gasteiger partial charge in [0.25, 0.3) is 0 Å². The van der Waals surface area contributed by atoms with Crippen molar-refractivity contribution in [3.8, 4) is 0 Å². The van der Waals surface area contributed by atoms with E-state index in [1.54, 1.807) is 30.2 Å². The fraction of sp³-hybridized carbons (Fsp3) is 0.692. The van der Waals surface area contributed by atoms with E-state index in [4.69, 9.17) is 14.2 Å². The van der Waals surface area contributed by atoms with Gasteiger partial charge in [0.1, 0.15) is 12.4 Å². The van der Waals surface area contributed by atoms with E-state index >= 15 is 0 Å². The highest BCUT2D eigenvalue weighted by molar-refractivity contribution is 5.73. The van der Waals surface area contributed by atoms with Gasteiger partial charge in [0.2, 0.25) is 6.33 Å². The molecular weight excluding hydrogens is 328 g/mol. The molecule has 0 amide bonds. The van der Waals surface area contributed by atoms with Crippen LogP contribution >= 0.6 is 0 Å². The fourth-order valence-corrected chi connectivity index (χ4v) is 1.66. The minimum absolute atomic E-state index is 0. The number of carbonyl (C=O) groups excluding carboxylic acids is 1. The first-order valence-electron chi connectivity index (χ1n) is 6.70. The number of esters is 1. The van der Waals surface area contributed by atoms with E-state index < -0.39 is 11.9 Å². The number of rotatable bonds is 9. The van der Waals surface area contributed by atoms with Gasteiger partial charge in [-0.1, -0.05) is 13.3 Å². The predicted molar refractivity (Wildman–Crippen MR) is 68.1 cm³/mol. The van der Waals surface area contributed by atoms with Crippen LogP contribution < -0.4 is 21.5 Å². The quantitative estimate of drug-likeness (QED) is 0.250. The second kappa shape index (κ2) is 9.90. The maximum Gasteiger partial charge on any atom is 0.430 e. The van der Waals surface area contributed by atoms with E-state index in [0.717, 1.165) is 12.8 Å². The smallest absolute Gasteiger partial charge is 0.430 e. The molecule has 1 N–H and O–H groups in total. The Hall–Kier alpha value is -0.920. The molecule has 0 aromatic carbocycles. The van der Waals surface area contributed by atoms with E-state index in [-0.39, 0.29) is 23.6 Å². The van der Waals surface area contributed by atoms with Crippen LogP contribution in [0.3, 0.4) is 0 Å². The molecule has 0 bridgehead atoms. The van der Waals surface area contributed by atoms with Crippen LogP contribution in [-0.4, -0.2) is 30.8 Å². The highest BCUT2D eigenvalue weighted by Gasteiger charge is 2.50. The molecule has 6 nitrogen and oxygen atoms in total. The summed E-state index contributed by atoms with van der Waals surface area (Å²) in [4.78, 5) is 15.1. The molecule has 7 heteroatoms. The van der Waals surface area contributed by atoms with E-state index in [0.29, 0.717) is 13.2 Å². The van der Waals surface area contributed by atoms with E-state index in [1.807, 2.05) is 6.92 Å². The van der Waals surface area contributed by atoms with Crippen molar-refractivity contribution >= 4 is 5.97 Å². The van der Waals surface area contributed by atoms with Crippen molar-refractivity contribution in [1.29, 1.82) is 0 Å². The SMILES string of the molecule is CCCCOC(OCC)(C(=O)OCC)[n+]1cc[nH]c1.[Br-]. The van der Waals surface area contributed by atoms with Gasteiger partial charge < -0.3 is 31.2 Å². The number of aromatic amines is 1. The van der Waals surface area contributed by atoms with Crippen LogP contribution in [0.1, 0.15) is 33.6 Å². The normalized spacial score (nSPS) is 13.3. The zero-order chi connectivity index (χ0) is 14.1. The lowest BCUT2D eigenvalue weighted by atomic mass is 10.3. The Morgan fingerprint density at radius 1 is 1.25 bits per heavy atom. The molecule has 1 atom stereocenters. The third kappa shape index (κ3) is 4.57. The lowest BCUT2D eigenvalue weighted by molar-refractivity contribution is -0.838. The summed E-state index contributed by atoms with van der Waals surface area (Å²) in [5, 5.41) is 0. The summed E-state index contributed by atoms with van der Waals surface area (Å²) in [7, 11) is 0. The van der Waals surface area contributed by atoms with Gasteiger partial charge in [0.15, 0.2) is 0 Å². The van der Waals surface area contributed by atoms with Gasteiger partial charge in [0.05, 0.1) is 19.8 Å². The third-order valence-electron chi connectivity index (χ3n) is 2.55. The molecule has 0 fully saturated rings. The van der Waals surface area contributed by atoms with Crippen molar-refractivity contribution in [3.05, 3.63) is 18.7 Å². The van der Waals surface area contributed by atoms with Gasteiger partial charge in [-0.05, 0) is 20.3 Å². The minimum Gasteiger partial charge on any atom is -1.00 e. The van der Waals surface area contributed by atoms with Gasteiger partial charge in [-0.25, -0.2) is 4.79 Å². The van der Waals surface area contributed by atoms with Crippen molar-refractivity contribution in [3.63, 3.8) is 0 Å². The maximum atomic E-state index is 12.2. The number of nitrogens with zero attached hydrogens (tertiary/aromatic N) is 1. The molecule has 1 unspecified atom stereocenters. The number of hydrogen-bond acceptors (Lipinski definition) is 4. The van der Waals surface area contributed by atoms with Crippen LogP contribution in [0.5, 0.6) is 0 Å². The zero-order valence-corrected chi connectivity index (χ0v) is 13.8. The Kier molecular flexibility index (Phi) is 9.45. The molecule has 0 saturated heterocycles. The second-order valence-corrected chi connectivity index (χ2v) is 3.96. The Labute approximate surface area is 130 Å². The van der Waals surface area contributed by atoms with Gasteiger partial charge in [-0.3, -0.25) is 4.98 Å². The summed E-state index contributed by atoms with van der Waals surface area (Å²) < 4.78 is 17.9. The maximum absolute atomic E-state index is 12.2. The monoisotopic (exact) mass is 350 g/mol. The molecule has 0 spiro atoms. The first kappa shape index (κ1) is 19.1. The van der Waals surface area contributed by atoms with Crippen molar-refractivity contribution in [2.45, 2.75) is 39.5 Å². The number of carbonyl (C=O) groups is 1. The summed E-state index contributed by atoms with van der Waals surface area (Å²) in [6.07, 6.45) is 6.80. The lowest BCUT2D eigenvalue weighted by Gasteiger charge is -2.27. The van der Waals surface area contributed by atoms with Gasteiger partial charge in [0, 0.05) is 0 Å². The van der Waals surface area contributed by atoms with Crippen LogP contribution in [0.25, 0.3) is 0 Å². The van der Waals surface area contributed by atoms with Gasteiger partial charge >= 0.3 is 11.9 Å². The van der Waals surface area contributed by atoms with Crippen LogP contribution in [0.15, 0.2) is 18.7 Å². The summed E-state index contributed by atoms with van der Waals surface area (Å²) in [6.45, 7) is 6.65. The fourth-order valence-electron chi connectivity index (χ4n) is 1.66. The third-order valence-corrected chi connectivity index (χ3v) is 2.55. The molecular formula is C13H23BrN2O4. The molecule has 116 valence electrons. The minimum atomic E-state index is -1.54. The molecule has 0 radical (unpaired) electrons. The summed E-state index contributed by atoms with van der Waals surface area (Å²) >= 11 is 0. The predicted octanol–water partition coefficient (Wildman–Crippen LogP) is -1.67. The second-order valence-electron chi connectivity index (χ2n) is 3.96. The topological polar surface area (TPSA) is 64.4 Å². The Bertz CT molecular complexity index is 372. The highest BCUT2D eigenvalue weighted by atomic mass is 79.9. The van der Waals surface area contributed by atoms with Crippen LogP contribution in [0.2, 0.25) is 0 Å². The highest BCUT2D eigenvalue weighted by Crippen LogP contribution is 2.16. The molecule has 0 aliphatic heterocycles. The lowest BCUT2D eigenvalue weighted by Crippen LogP contribution is -3.00. The number of ether oxygens (including phenoxy) is 3. The first-order chi connectivity index (χ1) is 9.21. The number of unbranched alkanes of at least 4 members (excludes halogenated alkanes) is 1. The number of imidazole rings is 1. The zero-order valence-electron chi connectivity index (χ0n) is 12.2. The average molecular weight is 351 g/mol. The van der Waals surface area contributed by atoms with Gasteiger partial charge in [-0.15, -0.1) is 0 Å². The Morgan fingerprint density at radius 2 is 2.00 bits per heavy atom. The Balaban J connectivity index is 0.00000361. The van der Waals surface area contributed by atoms with Crippen molar-refractivity contribution in [2.75, 3.05) is 19.8 Å². The van der Waals surface area contributed by atoms with E-state index in [1.165, 1.54) is 0 Å². The molecule has 0 saturated carbocycles. The summed E-state index contributed by atoms with van der Waals surface area (Å²) in [6, 6.07) is 0. The first-order valence-corrected chi connectivity index (χ1v) is 6.70. The molecule has 0 aliphatic carbocycles. The van der Waals surface area contributed by atoms with Crippen LogP contribution in [-0.2, 0) is 24.9 Å². The molecule has 0 aliphatic rings. The number of H-pyrrole nitrogens is 1. The largest absolute Gasteiger partial charge is 1.00 e. The molecule has 20 heavy (non-hydrogen) atoms. The number of halogens is 1. The number of hydrogen-bond donors (Lipinski definition) is 1. The van der Waals surface area contributed by atoms with Gasteiger partial charge in [-0.2, -0.15) is 4.57 Å². The molecule has 1 aromatic heterocycles. The van der Waals surface area contributed by atoms with Crippen molar-refractivity contribution in [1.82, 2.24) is 4.98 Å². The van der Waals surface area contributed by atoms with Crippen molar-refractivity contribution in [2.24, 2.45) is 0 Å². The van der Waals surface area contributed by atoms with Crippen molar-refractivity contribution < 1.29 is 40.6 Å². The molecule has 1 heterocycles. The number of nitrogens with one attached hydrogen (secondary N) is 1. The molecule has 1 aromatic rings. The summed E-state index contributed by atoms with van der Waals surface area (Å²) in [5.74, 6) is -2.09. The standard InChI is InChI=1S/C13H22N2O4.BrH/c1-4-7-10-19-13(18-6-3,12(16)17-5-2)15-9-8-14-11-15;/h8-9,11H,4-7,10H2,1-3H3;1H. The van der Waals surface area contributed by atoms with E-state index in [2.05, 4.69) is 11.9 Å². The summed E-state index contributed by atoms with van der Waals surface area (Å²) in [5.41, 5.74) is 0. The van der Waals surface area contributed by atoms with E-state index in [9.17, 15) is 4.79 Å². The number of aromatic nitrogens is 2. The van der Waals surface area contributed by atoms with Crippen LogP contribution in [0, 0.1) is 0 Å². The molecule has 1 rings (SSSR count). The Morgan fingerprint density at radius 3 is 2.50 bits per heavy atom. The average Bonchev–Trinajstić information content (AvgIpc) is 2.92. The van der Waals surface area contributed by atoms with Crippen LogP contribution in [0.4, 0.5) is 0 Å².